The summed E-state index contributed by atoms with van der Waals surface area (Å²) >= 11 is 0. The number of carbonyl (C=O) groups excluding carboxylic acids is 1. The molecule has 31 heavy (non-hydrogen) atoms. The average molecular weight is 455 g/mol. The van der Waals surface area contributed by atoms with Crippen molar-refractivity contribution in [1.29, 1.82) is 0 Å². The van der Waals surface area contributed by atoms with Gasteiger partial charge in [0.2, 0.25) is 15.9 Å². The molecule has 1 aliphatic heterocycles. The molecule has 0 unspecified atom stereocenters. The van der Waals surface area contributed by atoms with E-state index in [1.165, 1.54) is 28.2 Å². The summed E-state index contributed by atoms with van der Waals surface area (Å²) in [5.74, 6) is -1.24. The van der Waals surface area contributed by atoms with Crippen LogP contribution in [0.2, 0.25) is 0 Å². The lowest BCUT2D eigenvalue weighted by Crippen LogP contribution is -2.44. The summed E-state index contributed by atoms with van der Waals surface area (Å²) in [4.78, 5) is 16.7. The van der Waals surface area contributed by atoms with Gasteiger partial charge in [0.25, 0.3) is 5.91 Å². The number of amides is 1. The van der Waals surface area contributed by atoms with Crippen molar-refractivity contribution in [3.8, 4) is 5.88 Å². The first-order chi connectivity index (χ1) is 14.6. The molecule has 2 atom stereocenters. The fourth-order valence-electron chi connectivity index (χ4n) is 3.65. The third kappa shape index (κ3) is 4.43. The average Bonchev–Trinajstić information content (AvgIpc) is 3.04. The molecule has 0 aromatic carbocycles. The number of aliphatic hydroxyl groups excluding tert-OH is 1. The second kappa shape index (κ2) is 8.93. The van der Waals surface area contributed by atoms with Crippen molar-refractivity contribution in [3.63, 3.8) is 0 Å². The Labute approximate surface area is 180 Å². The van der Waals surface area contributed by atoms with Crippen molar-refractivity contribution in [2.24, 2.45) is 13.0 Å². The van der Waals surface area contributed by atoms with E-state index < -0.39 is 27.9 Å². The minimum absolute atomic E-state index is 0.0360. The van der Waals surface area contributed by atoms with E-state index in [1.54, 1.807) is 20.9 Å². The van der Waals surface area contributed by atoms with E-state index in [2.05, 4.69) is 10.3 Å². The molecule has 1 aliphatic rings. The molecule has 0 spiro atoms. The molecule has 170 valence electrons. The van der Waals surface area contributed by atoms with Gasteiger partial charge < -0.3 is 19.7 Å². The fourth-order valence-corrected chi connectivity index (χ4v) is 5.48. The van der Waals surface area contributed by atoms with Crippen molar-refractivity contribution in [1.82, 2.24) is 19.2 Å². The van der Waals surface area contributed by atoms with Crippen molar-refractivity contribution >= 4 is 15.9 Å². The number of carbonyl (C=O) groups is 1. The number of aliphatic hydroxyl groups is 1. The summed E-state index contributed by atoms with van der Waals surface area (Å²) in [6.07, 6.45) is 1.09. The zero-order valence-electron chi connectivity index (χ0n) is 17.9. The van der Waals surface area contributed by atoms with Gasteiger partial charge in [-0.2, -0.15) is 4.31 Å². The predicted octanol–water partition coefficient (Wildman–Crippen LogP) is 1.20. The van der Waals surface area contributed by atoms with Crippen LogP contribution in [0.25, 0.3) is 0 Å². The summed E-state index contributed by atoms with van der Waals surface area (Å²) < 4.78 is 48.3. The van der Waals surface area contributed by atoms with Crippen LogP contribution in [0.1, 0.15) is 35.1 Å². The number of halogens is 1. The van der Waals surface area contributed by atoms with Crippen LogP contribution >= 0.6 is 0 Å². The number of methoxy groups -OCH3 is 1. The van der Waals surface area contributed by atoms with Gasteiger partial charge in [-0.05, 0) is 31.4 Å². The van der Waals surface area contributed by atoms with Crippen molar-refractivity contribution < 1.29 is 27.4 Å². The van der Waals surface area contributed by atoms with Gasteiger partial charge in [0.05, 0.1) is 25.3 Å². The number of sulfonamides is 1. The summed E-state index contributed by atoms with van der Waals surface area (Å²) in [5, 5.41) is 12.5. The van der Waals surface area contributed by atoms with Gasteiger partial charge >= 0.3 is 0 Å². The molecule has 3 rings (SSSR count). The Morgan fingerprint density at radius 2 is 2.16 bits per heavy atom. The number of hydrogen-bond acceptors (Lipinski definition) is 6. The highest BCUT2D eigenvalue weighted by atomic mass is 32.2. The number of hydrogen-bond donors (Lipinski definition) is 2. The number of piperidine rings is 1. The lowest BCUT2D eigenvalue weighted by molar-refractivity contribution is 0.0628. The van der Waals surface area contributed by atoms with E-state index >= 15 is 0 Å². The van der Waals surface area contributed by atoms with Crippen LogP contribution in [0, 0.1) is 18.7 Å². The van der Waals surface area contributed by atoms with Crippen LogP contribution in [-0.4, -0.2) is 59.6 Å². The maximum Gasteiger partial charge on any atom is 0.268 e. The molecular formula is C20H27FN4O5S. The molecule has 9 nitrogen and oxygen atoms in total. The van der Waals surface area contributed by atoms with Crippen LogP contribution in [0.3, 0.4) is 0 Å². The Balaban J connectivity index is 1.83. The van der Waals surface area contributed by atoms with Crippen LogP contribution in [0.5, 0.6) is 5.88 Å². The zero-order chi connectivity index (χ0) is 22.9. The largest absolute Gasteiger partial charge is 0.481 e. The van der Waals surface area contributed by atoms with Crippen LogP contribution in [0.15, 0.2) is 23.2 Å². The maximum atomic E-state index is 14.1. The first-order valence-electron chi connectivity index (χ1n) is 9.88. The molecule has 2 aromatic heterocycles. The molecule has 0 aliphatic carbocycles. The molecular weight excluding hydrogens is 427 g/mol. The predicted molar refractivity (Wildman–Crippen MR) is 111 cm³/mol. The lowest BCUT2D eigenvalue weighted by atomic mass is 9.99. The monoisotopic (exact) mass is 454 g/mol. The summed E-state index contributed by atoms with van der Waals surface area (Å²) in [5.41, 5.74) is 0.636. The molecule has 0 bridgehead atoms. The molecule has 2 N–H and O–H groups in total. The summed E-state index contributed by atoms with van der Waals surface area (Å²) in [7, 11) is -0.891. The highest BCUT2D eigenvalue weighted by Crippen LogP contribution is 2.28. The zero-order valence-corrected chi connectivity index (χ0v) is 18.7. The van der Waals surface area contributed by atoms with E-state index in [0.29, 0.717) is 12.1 Å². The first-order valence-corrected chi connectivity index (χ1v) is 11.3. The highest BCUT2D eigenvalue weighted by Gasteiger charge is 2.35. The van der Waals surface area contributed by atoms with Gasteiger partial charge in [-0.25, -0.2) is 17.8 Å². The number of nitrogens with one attached hydrogen (secondary N) is 1. The molecule has 1 saturated heterocycles. The van der Waals surface area contributed by atoms with Gasteiger partial charge in [-0.3, -0.25) is 4.79 Å². The van der Waals surface area contributed by atoms with E-state index in [-0.39, 0.29) is 47.6 Å². The number of aromatic nitrogens is 2. The SMILES string of the molecule is COc1nccc(F)c1CNC(=O)c1cc(S(=O)(=O)N2CC[C@@H](O)[C@H](C)C2)c(C)n1C. The van der Waals surface area contributed by atoms with Gasteiger partial charge in [-0.15, -0.1) is 0 Å². The molecule has 2 aromatic rings. The van der Waals surface area contributed by atoms with Gasteiger partial charge in [0, 0.05) is 32.0 Å². The van der Waals surface area contributed by atoms with Crippen LogP contribution < -0.4 is 10.1 Å². The summed E-state index contributed by atoms with van der Waals surface area (Å²) in [6, 6.07) is 2.49. The molecule has 1 fully saturated rings. The van der Waals surface area contributed by atoms with Gasteiger partial charge in [0.15, 0.2) is 0 Å². The number of ether oxygens (including phenoxy) is 1. The van der Waals surface area contributed by atoms with Crippen molar-refractivity contribution in [2.75, 3.05) is 20.2 Å². The second-order valence-electron chi connectivity index (χ2n) is 7.70. The summed E-state index contributed by atoms with van der Waals surface area (Å²) in [6.45, 7) is 3.67. The third-order valence-electron chi connectivity index (χ3n) is 5.74. The van der Waals surface area contributed by atoms with Crippen LogP contribution in [0.4, 0.5) is 4.39 Å². The standard InChI is InChI=1S/C20H27FN4O5S/c1-12-11-25(8-6-17(12)26)31(28,29)18-9-16(24(3)13(18)2)19(27)23-10-14-15(21)5-7-22-20(14)30-4/h5,7,9,12,17,26H,6,8,10-11H2,1-4H3,(H,23,27)/t12-,17-/m1/s1. The number of nitrogens with zero attached hydrogens (tertiary/aromatic N) is 3. The minimum Gasteiger partial charge on any atom is -0.481 e. The molecule has 1 amide bonds. The maximum absolute atomic E-state index is 14.1. The Bertz CT molecular complexity index is 1090. The van der Waals surface area contributed by atoms with E-state index in [1.807, 2.05) is 0 Å². The first kappa shape index (κ1) is 23.2. The third-order valence-corrected chi connectivity index (χ3v) is 7.72. The quantitative estimate of drug-likeness (QED) is 0.678. The topological polar surface area (TPSA) is 114 Å². The molecule has 11 heteroatoms. The van der Waals surface area contributed by atoms with Gasteiger partial charge in [0.1, 0.15) is 16.4 Å². The molecule has 0 radical (unpaired) electrons. The second-order valence-corrected chi connectivity index (χ2v) is 9.60. The fraction of sp³-hybridized carbons (Fsp3) is 0.500. The van der Waals surface area contributed by atoms with Crippen molar-refractivity contribution in [2.45, 2.75) is 37.8 Å². The normalized spacial score (nSPS) is 19.9. The minimum atomic E-state index is -3.84. The van der Waals surface area contributed by atoms with E-state index in [4.69, 9.17) is 4.74 Å². The smallest absolute Gasteiger partial charge is 0.268 e. The Hall–Kier alpha value is -2.50. The van der Waals surface area contributed by atoms with E-state index in [0.717, 1.165) is 6.07 Å². The molecule has 0 saturated carbocycles. The Morgan fingerprint density at radius 3 is 2.81 bits per heavy atom. The van der Waals surface area contributed by atoms with Gasteiger partial charge in [-0.1, -0.05) is 6.92 Å². The molecule has 3 heterocycles. The Morgan fingerprint density at radius 1 is 1.45 bits per heavy atom. The highest BCUT2D eigenvalue weighted by molar-refractivity contribution is 7.89. The lowest BCUT2D eigenvalue weighted by Gasteiger charge is -2.33. The van der Waals surface area contributed by atoms with Crippen LogP contribution in [-0.2, 0) is 23.6 Å². The Kier molecular flexibility index (Phi) is 6.68. The number of pyridine rings is 1. The number of rotatable bonds is 6. The van der Waals surface area contributed by atoms with Crippen molar-refractivity contribution in [3.05, 3.63) is 41.1 Å². The van der Waals surface area contributed by atoms with E-state index in [9.17, 15) is 22.7 Å².